The molecule has 0 bridgehead atoms. The Balaban J connectivity index is 2.57. The Morgan fingerprint density at radius 3 is 2.65 bits per heavy atom. The molecule has 1 aromatic rings. The molecule has 1 N–H and O–H groups in total. The molecule has 0 aromatic carbocycles. The van der Waals surface area contributed by atoms with E-state index in [0.717, 1.165) is 12.2 Å². The molecule has 98 valence electrons. The molecule has 0 saturated carbocycles. The van der Waals surface area contributed by atoms with Gasteiger partial charge in [-0.3, -0.25) is 4.68 Å². The zero-order chi connectivity index (χ0) is 12.8. The van der Waals surface area contributed by atoms with Crippen LogP contribution in [0.3, 0.4) is 0 Å². The molecule has 2 unspecified atom stereocenters. The predicted molar refractivity (Wildman–Crippen MR) is 75.6 cm³/mol. The minimum Gasteiger partial charge on any atom is -0.313 e. The van der Waals surface area contributed by atoms with Gasteiger partial charge < -0.3 is 5.32 Å². The van der Waals surface area contributed by atoms with Gasteiger partial charge in [0.15, 0.2) is 0 Å². The minimum absolute atomic E-state index is 0.571. The Labute approximate surface area is 109 Å². The second-order valence-electron chi connectivity index (χ2n) is 4.54. The van der Waals surface area contributed by atoms with Crippen LogP contribution in [-0.2, 0) is 7.05 Å². The fourth-order valence-corrected chi connectivity index (χ4v) is 3.21. The van der Waals surface area contributed by atoms with E-state index in [4.69, 9.17) is 0 Å². The second kappa shape index (κ2) is 7.07. The van der Waals surface area contributed by atoms with E-state index in [-0.39, 0.29) is 0 Å². The molecule has 0 spiro atoms. The Bertz CT molecular complexity index is 335. The van der Waals surface area contributed by atoms with Crippen molar-refractivity contribution < 1.29 is 0 Å². The molecule has 2 atom stereocenters. The molecule has 0 fully saturated rings. The third kappa shape index (κ3) is 4.36. The predicted octanol–water partition coefficient (Wildman–Crippen LogP) is 2.99. The number of hydrogen-bond donors (Lipinski definition) is 1. The topological polar surface area (TPSA) is 29.9 Å². The summed E-state index contributed by atoms with van der Waals surface area (Å²) in [7, 11) is 2.02. The normalized spacial score (nSPS) is 14.9. The molecular formula is C13H25N3S. The van der Waals surface area contributed by atoms with Gasteiger partial charge in [-0.05, 0) is 32.4 Å². The Morgan fingerprint density at radius 1 is 1.47 bits per heavy atom. The van der Waals surface area contributed by atoms with Crippen LogP contribution in [0.25, 0.3) is 0 Å². The van der Waals surface area contributed by atoms with E-state index < -0.39 is 0 Å². The molecule has 4 heteroatoms. The number of nitrogens with zero attached hydrogens (tertiary/aromatic N) is 2. The average Bonchev–Trinajstić information content (AvgIpc) is 2.58. The average molecular weight is 255 g/mol. The molecule has 1 aromatic heterocycles. The van der Waals surface area contributed by atoms with E-state index >= 15 is 0 Å². The summed E-state index contributed by atoms with van der Waals surface area (Å²) >= 11 is 1.91. The van der Waals surface area contributed by atoms with Gasteiger partial charge in [-0.1, -0.05) is 20.8 Å². The molecule has 1 rings (SSSR count). The van der Waals surface area contributed by atoms with Crippen LogP contribution in [-0.4, -0.2) is 27.6 Å². The van der Waals surface area contributed by atoms with Crippen molar-refractivity contribution in [2.24, 2.45) is 7.05 Å². The number of rotatable bonds is 7. The molecule has 0 saturated heterocycles. The first-order chi connectivity index (χ1) is 8.08. The second-order valence-corrected chi connectivity index (χ2v) is 5.94. The van der Waals surface area contributed by atoms with E-state index in [1.807, 2.05) is 30.4 Å². The zero-order valence-corrected chi connectivity index (χ0v) is 12.5. The third-order valence-electron chi connectivity index (χ3n) is 2.93. The fourth-order valence-electron chi connectivity index (χ4n) is 1.94. The SMILES string of the molecule is CCCNC(CC)C(C)Sc1cc(C)nn1C. The highest BCUT2D eigenvalue weighted by Gasteiger charge is 2.17. The fraction of sp³-hybridized carbons (Fsp3) is 0.769. The van der Waals surface area contributed by atoms with Crippen LogP contribution in [0.2, 0.25) is 0 Å². The van der Waals surface area contributed by atoms with Crippen LogP contribution in [0.4, 0.5) is 0 Å². The zero-order valence-electron chi connectivity index (χ0n) is 11.7. The summed E-state index contributed by atoms with van der Waals surface area (Å²) in [5.41, 5.74) is 1.09. The maximum atomic E-state index is 4.39. The lowest BCUT2D eigenvalue weighted by Crippen LogP contribution is -2.36. The molecule has 0 amide bonds. The lowest BCUT2D eigenvalue weighted by molar-refractivity contribution is 0.493. The maximum Gasteiger partial charge on any atom is 0.0942 e. The number of hydrogen-bond acceptors (Lipinski definition) is 3. The van der Waals surface area contributed by atoms with Gasteiger partial charge in [0.1, 0.15) is 0 Å². The van der Waals surface area contributed by atoms with Crippen LogP contribution in [0.5, 0.6) is 0 Å². The Kier molecular flexibility index (Phi) is 6.06. The van der Waals surface area contributed by atoms with Gasteiger partial charge in [0.05, 0.1) is 10.7 Å². The highest BCUT2D eigenvalue weighted by molar-refractivity contribution is 7.99. The van der Waals surface area contributed by atoms with Crippen LogP contribution in [0.15, 0.2) is 11.1 Å². The summed E-state index contributed by atoms with van der Waals surface area (Å²) in [4.78, 5) is 0. The molecule has 17 heavy (non-hydrogen) atoms. The van der Waals surface area contributed by atoms with E-state index in [0.29, 0.717) is 11.3 Å². The van der Waals surface area contributed by atoms with Crippen LogP contribution in [0, 0.1) is 6.92 Å². The van der Waals surface area contributed by atoms with Gasteiger partial charge in [-0.15, -0.1) is 11.8 Å². The standard InChI is InChI=1S/C13H25N3S/c1-6-8-14-12(7-2)11(4)17-13-9-10(3)15-16(13)5/h9,11-12,14H,6-8H2,1-5H3. The van der Waals surface area contributed by atoms with Gasteiger partial charge in [0.25, 0.3) is 0 Å². The van der Waals surface area contributed by atoms with E-state index in [1.54, 1.807) is 0 Å². The largest absolute Gasteiger partial charge is 0.313 e. The van der Waals surface area contributed by atoms with Crippen molar-refractivity contribution in [3.63, 3.8) is 0 Å². The number of aryl methyl sites for hydroxylation is 2. The van der Waals surface area contributed by atoms with E-state index in [1.165, 1.54) is 17.9 Å². The van der Waals surface area contributed by atoms with E-state index in [2.05, 4.69) is 37.3 Å². The minimum atomic E-state index is 0.571. The molecule has 0 aliphatic carbocycles. The Hall–Kier alpha value is -0.480. The maximum absolute atomic E-state index is 4.39. The lowest BCUT2D eigenvalue weighted by Gasteiger charge is -2.23. The van der Waals surface area contributed by atoms with Crippen molar-refractivity contribution in [2.75, 3.05) is 6.54 Å². The summed E-state index contributed by atoms with van der Waals surface area (Å²) < 4.78 is 1.98. The van der Waals surface area contributed by atoms with Crippen LogP contribution in [0.1, 0.15) is 39.3 Å². The summed E-state index contributed by atoms with van der Waals surface area (Å²) in [5.74, 6) is 0. The molecule has 0 aliphatic rings. The van der Waals surface area contributed by atoms with Crippen molar-refractivity contribution in [2.45, 2.75) is 56.9 Å². The van der Waals surface area contributed by atoms with Crippen molar-refractivity contribution in [3.05, 3.63) is 11.8 Å². The first-order valence-corrected chi connectivity index (χ1v) is 7.37. The first kappa shape index (κ1) is 14.6. The number of aromatic nitrogens is 2. The van der Waals surface area contributed by atoms with Crippen molar-refractivity contribution in [3.8, 4) is 0 Å². The molecule has 3 nitrogen and oxygen atoms in total. The van der Waals surface area contributed by atoms with Crippen molar-refractivity contribution in [1.82, 2.24) is 15.1 Å². The number of nitrogens with one attached hydrogen (secondary N) is 1. The highest BCUT2D eigenvalue weighted by Crippen LogP contribution is 2.26. The molecule has 0 aliphatic heterocycles. The summed E-state index contributed by atoms with van der Waals surface area (Å²) in [5, 5.41) is 9.83. The van der Waals surface area contributed by atoms with Gasteiger partial charge in [-0.25, -0.2) is 0 Å². The smallest absolute Gasteiger partial charge is 0.0942 e. The first-order valence-electron chi connectivity index (χ1n) is 6.49. The quantitative estimate of drug-likeness (QED) is 0.760. The summed E-state index contributed by atoms with van der Waals surface area (Å²) in [6.07, 6.45) is 2.36. The van der Waals surface area contributed by atoms with Gasteiger partial charge in [-0.2, -0.15) is 5.10 Å². The van der Waals surface area contributed by atoms with Crippen molar-refractivity contribution in [1.29, 1.82) is 0 Å². The van der Waals surface area contributed by atoms with E-state index in [9.17, 15) is 0 Å². The monoisotopic (exact) mass is 255 g/mol. The van der Waals surface area contributed by atoms with Gasteiger partial charge in [0, 0.05) is 18.3 Å². The lowest BCUT2D eigenvalue weighted by atomic mass is 10.1. The van der Waals surface area contributed by atoms with Crippen LogP contribution < -0.4 is 5.32 Å². The summed E-state index contributed by atoms with van der Waals surface area (Å²) in [6, 6.07) is 2.74. The summed E-state index contributed by atoms with van der Waals surface area (Å²) in [6.45, 7) is 9.90. The molecule has 1 heterocycles. The van der Waals surface area contributed by atoms with Crippen molar-refractivity contribution >= 4 is 11.8 Å². The molecular weight excluding hydrogens is 230 g/mol. The molecule has 0 radical (unpaired) electrons. The highest BCUT2D eigenvalue weighted by atomic mass is 32.2. The van der Waals surface area contributed by atoms with Gasteiger partial charge >= 0.3 is 0 Å². The number of thioether (sulfide) groups is 1. The van der Waals surface area contributed by atoms with Crippen LogP contribution >= 0.6 is 11.8 Å². The Morgan fingerprint density at radius 2 is 2.18 bits per heavy atom. The van der Waals surface area contributed by atoms with Gasteiger partial charge in [0.2, 0.25) is 0 Å². The third-order valence-corrected chi connectivity index (χ3v) is 4.25.